The second-order valence-corrected chi connectivity index (χ2v) is 10.3. The summed E-state index contributed by atoms with van der Waals surface area (Å²) in [5.74, 6) is 0.723. The third-order valence-corrected chi connectivity index (χ3v) is 8.81. The Bertz CT molecular complexity index is 928. The van der Waals surface area contributed by atoms with Crippen molar-refractivity contribution >= 4 is 5.78 Å². The lowest BCUT2D eigenvalue weighted by Gasteiger charge is -2.60. The maximum atomic E-state index is 12.6. The number of rotatable bonds is 3. The molecule has 1 aromatic carbocycles. The van der Waals surface area contributed by atoms with E-state index in [1.54, 1.807) is 6.07 Å². The van der Waals surface area contributed by atoms with Crippen molar-refractivity contribution < 1.29 is 29.3 Å². The standard InChI is InChI=1S/C22H27NO5/c1-12(24)21(26)11-22(27)16-9-14-5-6-15(25)18-17(14)20(22,19(21)28-18)7-8-23(16,2)10-13-3-4-13/h5-6,13,16,19,26-27H,3-4,7-11H2,1-2H3/p+1/t16?,19-,20?,21?,22?,23?/m1/s1. The number of aromatic hydroxyl groups is 1. The number of Topliss-reactive ketones (excluding diaryl/α,β-unsaturated/α-hetero) is 1. The molecule has 6 atom stereocenters. The first-order valence-corrected chi connectivity index (χ1v) is 10.5. The molecule has 3 fully saturated rings. The third kappa shape index (κ3) is 1.67. The van der Waals surface area contributed by atoms with Gasteiger partial charge in [-0.05, 0) is 31.4 Å². The van der Waals surface area contributed by atoms with Crippen LogP contribution in [0.4, 0.5) is 0 Å². The van der Waals surface area contributed by atoms with E-state index in [2.05, 4.69) is 7.05 Å². The van der Waals surface area contributed by atoms with E-state index < -0.39 is 22.7 Å². The predicted octanol–water partition coefficient (Wildman–Crippen LogP) is 1.03. The molecular formula is C22H28NO5+. The van der Waals surface area contributed by atoms with Crippen LogP contribution in [0.25, 0.3) is 0 Å². The molecule has 0 aromatic heterocycles. The number of quaternary nitrogens is 1. The molecule has 28 heavy (non-hydrogen) atoms. The molecule has 1 spiro atoms. The number of phenols is 1. The number of likely N-dealkylation sites (tertiary alicyclic amines) is 1. The van der Waals surface area contributed by atoms with Crippen LogP contribution in [0.5, 0.6) is 11.5 Å². The number of hydrogen-bond acceptors (Lipinski definition) is 5. The van der Waals surface area contributed by atoms with E-state index in [1.807, 2.05) is 6.07 Å². The first kappa shape index (κ1) is 17.2. The van der Waals surface area contributed by atoms with Crippen molar-refractivity contribution in [1.29, 1.82) is 0 Å². The van der Waals surface area contributed by atoms with Gasteiger partial charge in [-0.3, -0.25) is 4.79 Å². The zero-order chi connectivity index (χ0) is 19.7. The molecule has 1 aromatic rings. The number of likely N-dealkylation sites (N-methyl/N-ethyl adjacent to an activating group) is 1. The maximum absolute atomic E-state index is 12.6. The summed E-state index contributed by atoms with van der Waals surface area (Å²) in [6, 6.07) is 3.49. The fourth-order valence-electron chi connectivity index (χ4n) is 7.36. The average Bonchev–Trinajstić information content (AvgIpc) is 3.29. The number of carbonyl (C=O) groups is 1. The molecule has 0 amide bonds. The predicted molar refractivity (Wildman–Crippen MR) is 100 cm³/mol. The van der Waals surface area contributed by atoms with E-state index in [4.69, 9.17) is 4.74 Å². The molecule has 1 saturated heterocycles. The van der Waals surface area contributed by atoms with Crippen LogP contribution < -0.4 is 4.74 Å². The molecule has 5 aliphatic rings. The zero-order valence-corrected chi connectivity index (χ0v) is 16.4. The molecule has 3 aliphatic carbocycles. The van der Waals surface area contributed by atoms with E-state index in [1.165, 1.54) is 19.8 Å². The third-order valence-electron chi connectivity index (χ3n) is 8.81. The summed E-state index contributed by atoms with van der Waals surface area (Å²) in [7, 11) is 2.23. The van der Waals surface area contributed by atoms with E-state index in [0.29, 0.717) is 24.5 Å². The molecule has 2 bridgehead atoms. The van der Waals surface area contributed by atoms with Crippen LogP contribution in [0.2, 0.25) is 0 Å². The number of phenolic OH excluding ortho intramolecular Hbond substituents is 1. The quantitative estimate of drug-likeness (QED) is 0.676. The van der Waals surface area contributed by atoms with Gasteiger partial charge in [-0.1, -0.05) is 6.07 Å². The van der Waals surface area contributed by atoms with E-state index >= 15 is 0 Å². The van der Waals surface area contributed by atoms with Crippen molar-refractivity contribution in [3.05, 3.63) is 23.3 Å². The smallest absolute Gasteiger partial charge is 0.165 e. The molecule has 6 rings (SSSR count). The molecule has 150 valence electrons. The number of ether oxygens (including phenoxy) is 1. The largest absolute Gasteiger partial charge is 0.504 e. The molecule has 2 heterocycles. The minimum atomic E-state index is -1.74. The lowest BCUT2D eigenvalue weighted by molar-refractivity contribution is -0.950. The molecular weight excluding hydrogens is 358 g/mol. The number of aliphatic hydroxyl groups is 2. The van der Waals surface area contributed by atoms with Crippen LogP contribution in [0.3, 0.4) is 0 Å². The van der Waals surface area contributed by atoms with Crippen LogP contribution in [0.15, 0.2) is 12.1 Å². The highest BCUT2D eigenvalue weighted by Crippen LogP contribution is 2.70. The van der Waals surface area contributed by atoms with Crippen molar-refractivity contribution in [3.8, 4) is 11.5 Å². The molecule has 2 saturated carbocycles. The van der Waals surface area contributed by atoms with Gasteiger partial charge < -0.3 is 24.5 Å². The van der Waals surface area contributed by atoms with Crippen LogP contribution in [0.1, 0.15) is 43.7 Å². The van der Waals surface area contributed by atoms with Crippen molar-refractivity contribution in [2.75, 3.05) is 20.1 Å². The Morgan fingerprint density at radius 3 is 2.75 bits per heavy atom. The fraction of sp³-hybridized carbons (Fsp3) is 0.682. The van der Waals surface area contributed by atoms with Crippen LogP contribution in [-0.2, 0) is 16.6 Å². The first-order chi connectivity index (χ1) is 13.2. The Morgan fingerprint density at radius 2 is 2.07 bits per heavy atom. The Balaban J connectivity index is 1.62. The lowest BCUT2D eigenvalue weighted by Crippen LogP contribution is -2.76. The summed E-state index contributed by atoms with van der Waals surface area (Å²) in [6.45, 7) is 3.30. The van der Waals surface area contributed by atoms with Crippen LogP contribution in [0, 0.1) is 5.92 Å². The topological polar surface area (TPSA) is 87.0 Å². The second kappa shape index (κ2) is 4.74. The number of benzene rings is 1. The minimum absolute atomic E-state index is 0.0116. The molecule has 5 unspecified atom stereocenters. The van der Waals surface area contributed by atoms with E-state index in [-0.39, 0.29) is 24.0 Å². The number of piperidine rings is 1. The maximum Gasteiger partial charge on any atom is 0.165 e. The SMILES string of the molecule is CC(=O)C1(O)CC2(O)C3Cc4ccc(O)c5c4C2(CC[N+]3(C)CC2CC2)[C@H]1O5. The number of hydrogen-bond donors (Lipinski definition) is 3. The Hall–Kier alpha value is -1.63. The summed E-state index contributed by atoms with van der Waals surface area (Å²) < 4.78 is 6.92. The van der Waals surface area contributed by atoms with Gasteiger partial charge in [-0.15, -0.1) is 0 Å². The van der Waals surface area contributed by atoms with Gasteiger partial charge in [0.1, 0.15) is 17.7 Å². The Kier molecular flexibility index (Phi) is 2.92. The van der Waals surface area contributed by atoms with Crippen molar-refractivity contribution in [3.63, 3.8) is 0 Å². The number of nitrogens with zero attached hydrogens (tertiary/aromatic N) is 1. The van der Waals surface area contributed by atoms with Gasteiger partial charge in [0.05, 0.1) is 25.6 Å². The second-order valence-electron chi connectivity index (χ2n) is 10.3. The molecule has 2 aliphatic heterocycles. The van der Waals surface area contributed by atoms with E-state index in [0.717, 1.165) is 28.7 Å². The zero-order valence-electron chi connectivity index (χ0n) is 16.4. The van der Waals surface area contributed by atoms with E-state index in [9.17, 15) is 20.1 Å². The highest BCUT2D eigenvalue weighted by atomic mass is 16.5. The normalized spacial score (nSPS) is 47.6. The van der Waals surface area contributed by atoms with Gasteiger partial charge in [0, 0.05) is 30.7 Å². The molecule has 0 radical (unpaired) electrons. The Labute approximate surface area is 164 Å². The van der Waals surface area contributed by atoms with Crippen molar-refractivity contribution in [2.45, 2.75) is 67.8 Å². The Morgan fingerprint density at radius 1 is 1.32 bits per heavy atom. The fourth-order valence-corrected chi connectivity index (χ4v) is 7.36. The van der Waals surface area contributed by atoms with Gasteiger partial charge in [0.2, 0.25) is 0 Å². The molecule has 6 heteroatoms. The summed E-state index contributed by atoms with van der Waals surface area (Å²) in [6.07, 6.45) is 2.99. The summed E-state index contributed by atoms with van der Waals surface area (Å²) in [5.41, 5.74) is -1.88. The van der Waals surface area contributed by atoms with Gasteiger partial charge in [-0.2, -0.15) is 0 Å². The molecule has 3 N–H and O–H groups in total. The monoisotopic (exact) mass is 386 g/mol. The highest BCUT2D eigenvalue weighted by Gasteiger charge is 2.83. The first-order valence-electron chi connectivity index (χ1n) is 10.5. The molecule has 6 nitrogen and oxygen atoms in total. The van der Waals surface area contributed by atoms with Crippen LogP contribution >= 0.6 is 0 Å². The lowest BCUT2D eigenvalue weighted by atomic mass is 9.55. The van der Waals surface area contributed by atoms with Gasteiger partial charge in [0.25, 0.3) is 0 Å². The summed E-state index contributed by atoms with van der Waals surface area (Å²) in [4.78, 5) is 12.6. The highest BCUT2D eigenvalue weighted by molar-refractivity contribution is 5.88. The average molecular weight is 386 g/mol. The van der Waals surface area contributed by atoms with Gasteiger partial charge in [0.15, 0.2) is 22.9 Å². The van der Waals surface area contributed by atoms with Crippen molar-refractivity contribution in [2.24, 2.45) is 5.92 Å². The van der Waals surface area contributed by atoms with Crippen LogP contribution in [-0.4, -0.2) is 69.1 Å². The number of ketones is 1. The number of carbonyl (C=O) groups excluding carboxylic acids is 1. The summed E-state index contributed by atoms with van der Waals surface area (Å²) >= 11 is 0. The van der Waals surface area contributed by atoms with Gasteiger partial charge >= 0.3 is 0 Å². The van der Waals surface area contributed by atoms with Gasteiger partial charge in [-0.25, -0.2) is 0 Å². The summed E-state index contributed by atoms with van der Waals surface area (Å²) in [5, 5.41) is 34.2. The minimum Gasteiger partial charge on any atom is -0.504 e. The van der Waals surface area contributed by atoms with Crippen molar-refractivity contribution in [1.82, 2.24) is 0 Å².